The van der Waals surface area contributed by atoms with Gasteiger partial charge in [0, 0.05) is 19.3 Å². The second kappa shape index (κ2) is 5.10. The quantitative estimate of drug-likeness (QED) is 0.773. The van der Waals surface area contributed by atoms with Crippen LogP contribution in [0.15, 0.2) is 48.7 Å². The normalized spacial score (nSPS) is 11.2. The Morgan fingerprint density at radius 3 is 2.75 bits per heavy atom. The Hall–Kier alpha value is -2.13. The van der Waals surface area contributed by atoms with E-state index in [1.54, 1.807) is 6.07 Å². The maximum Gasteiger partial charge on any atom is 0.123 e. The molecule has 102 valence electrons. The summed E-state index contributed by atoms with van der Waals surface area (Å²) in [7, 11) is 0. The summed E-state index contributed by atoms with van der Waals surface area (Å²) in [6.45, 7) is 3.16. The minimum Gasteiger partial charge on any atom is -0.343 e. The molecule has 0 spiro atoms. The summed E-state index contributed by atoms with van der Waals surface area (Å²) < 4.78 is 15.5. The summed E-state index contributed by atoms with van der Waals surface area (Å²) in [4.78, 5) is 0. The average Bonchev–Trinajstić information content (AvgIpc) is 2.86. The molecule has 0 unspecified atom stereocenters. The molecule has 0 saturated heterocycles. The molecule has 1 heterocycles. The van der Waals surface area contributed by atoms with E-state index in [4.69, 9.17) is 5.73 Å². The van der Waals surface area contributed by atoms with E-state index >= 15 is 0 Å². The third-order valence-corrected chi connectivity index (χ3v) is 3.74. The molecular formula is C17H17FN2. The standard InChI is InChI=1S/C17H17FN2/c1-12-5-6-16(18)9-15(12)11-20-8-7-13-3-2-4-14(10-19)17(13)20/h2-9H,10-11,19H2,1H3. The van der Waals surface area contributed by atoms with Gasteiger partial charge in [0.2, 0.25) is 0 Å². The largest absolute Gasteiger partial charge is 0.343 e. The van der Waals surface area contributed by atoms with E-state index in [0.29, 0.717) is 13.1 Å². The number of rotatable bonds is 3. The van der Waals surface area contributed by atoms with E-state index in [9.17, 15) is 4.39 Å². The first-order valence-corrected chi connectivity index (χ1v) is 6.71. The first-order valence-electron chi connectivity index (χ1n) is 6.71. The summed E-state index contributed by atoms with van der Waals surface area (Å²) in [5, 5.41) is 1.17. The molecule has 0 aliphatic heterocycles. The van der Waals surface area contributed by atoms with E-state index < -0.39 is 0 Å². The SMILES string of the molecule is Cc1ccc(F)cc1Cn1ccc2cccc(CN)c21. The zero-order chi connectivity index (χ0) is 14.1. The molecule has 0 bridgehead atoms. The molecule has 1 aromatic heterocycles. The van der Waals surface area contributed by atoms with Crippen molar-refractivity contribution in [1.82, 2.24) is 4.57 Å². The van der Waals surface area contributed by atoms with Crippen molar-refractivity contribution in [1.29, 1.82) is 0 Å². The molecule has 0 aliphatic rings. The van der Waals surface area contributed by atoms with Gasteiger partial charge in [-0.3, -0.25) is 0 Å². The molecule has 3 aromatic rings. The van der Waals surface area contributed by atoms with Gasteiger partial charge in [0.05, 0.1) is 5.52 Å². The lowest BCUT2D eigenvalue weighted by atomic mass is 10.1. The monoisotopic (exact) mass is 268 g/mol. The summed E-state index contributed by atoms with van der Waals surface area (Å²) in [5.41, 5.74) is 10.2. The van der Waals surface area contributed by atoms with Crippen LogP contribution in [0.5, 0.6) is 0 Å². The first kappa shape index (κ1) is 12.9. The average molecular weight is 268 g/mol. The number of nitrogens with zero attached hydrogens (tertiary/aromatic N) is 1. The first-order chi connectivity index (χ1) is 9.69. The third kappa shape index (κ3) is 2.21. The van der Waals surface area contributed by atoms with E-state index in [1.165, 1.54) is 11.5 Å². The van der Waals surface area contributed by atoms with Gasteiger partial charge < -0.3 is 10.3 Å². The van der Waals surface area contributed by atoms with Crippen LogP contribution in [0.3, 0.4) is 0 Å². The highest BCUT2D eigenvalue weighted by Gasteiger charge is 2.08. The second-order valence-corrected chi connectivity index (χ2v) is 5.07. The molecule has 3 rings (SSSR count). The van der Waals surface area contributed by atoms with E-state index in [-0.39, 0.29) is 5.82 Å². The van der Waals surface area contributed by atoms with Gasteiger partial charge in [-0.15, -0.1) is 0 Å². The highest BCUT2D eigenvalue weighted by Crippen LogP contribution is 2.22. The van der Waals surface area contributed by atoms with E-state index in [2.05, 4.69) is 16.7 Å². The Balaban J connectivity index is 2.09. The Bertz CT molecular complexity index is 759. The minimum atomic E-state index is -0.193. The van der Waals surface area contributed by atoms with Crippen molar-refractivity contribution in [2.24, 2.45) is 5.73 Å². The second-order valence-electron chi connectivity index (χ2n) is 5.07. The van der Waals surface area contributed by atoms with Crippen molar-refractivity contribution >= 4 is 10.9 Å². The number of para-hydroxylation sites is 1. The fourth-order valence-electron chi connectivity index (χ4n) is 2.63. The van der Waals surface area contributed by atoms with Crippen molar-refractivity contribution in [2.75, 3.05) is 0 Å². The highest BCUT2D eigenvalue weighted by molar-refractivity contribution is 5.83. The Morgan fingerprint density at radius 1 is 1.10 bits per heavy atom. The number of aryl methyl sites for hydroxylation is 1. The van der Waals surface area contributed by atoms with Crippen molar-refractivity contribution in [3.63, 3.8) is 0 Å². The Labute approximate surface area is 117 Å². The Kier molecular flexibility index (Phi) is 3.28. The van der Waals surface area contributed by atoms with Crippen molar-refractivity contribution in [2.45, 2.75) is 20.0 Å². The van der Waals surface area contributed by atoms with Gasteiger partial charge in [-0.25, -0.2) is 4.39 Å². The number of aromatic nitrogens is 1. The number of hydrogen-bond acceptors (Lipinski definition) is 1. The third-order valence-electron chi connectivity index (χ3n) is 3.74. The minimum absolute atomic E-state index is 0.193. The number of fused-ring (bicyclic) bond motifs is 1. The smallest absolute Gasteiger partial charge is 0.123 e. The molecule has 0 radical (unpaired) electrons. The highest BCUT2D eigenvalue weighted by atomic mass is 19.1. The Morgan fingerprint density at radius 2 is 1.95 bits per heavy atom. The molecule has 3 heteroatoms. The fourth-order valence-corrected chi connectivity index (χ4v) is 2.63. The van der Waals surface area contributed by atoms with Gasteiger partial charge in [0.25, 0.3) is 0 Å². The van der Waals surface area contributed by atoms with Crippen molar-refractivity contribution in [3.05, 3.63) is 71.2 Å². The van der Waals surface area contributed by atoms with Gasteiger partial charge in [-0.05, 0) is 47.2 Å². The molecule has 20 heavy (non-hydrogen) atoms. The molecule has 0 fully saturated rings. The van der Waals surface area contributed by atoms with Crippen molar-refractivity contribution in [3.8, 4) is 0 Å². The van der Waals surface area contributed by atoms with Gasteiger partial charge in [-0.2, -0.15) is 0 Å². The lowest BCUT2D eigenvalue weighted by Gasteiger charge is -2.11. The predicted molar refractivity (Wildman–Crippen MR) is 80.1 cm³/mol. The van der Waals surface area contributed by atoms with Crippen LogP contribution in [0.1, 0.15) is 16.7 Å². The van der Waals surface area contributed by atoms with Crippen LogP contribution in [-0.2, 0) is 13.1 Å². The van der Waals surface area contributed by atoms with Crippen molar-refractivity contribution < 1.29 is 4.39 Å². The van der Waals surface area contributed by atoms with Crippen LogP contribution in [0.25, 0.3) is 10.9 Å². The number of nitrogens with two attached hydrogens (primary N) is 1. The predicted octanol–water partition coefficient (Wildman–Crippen LogP) is 3.60. The lowest BCUT2D eigenvalue weighted by molar-refractivity contribution is 0.623. The molecular weight excluding hydrogens is 251 g/mol. The zero-order valence-electron chi connectivity index (χ0n) is 11.4. The maximum atomic E-state index is 13.4. The summed E-state index contributed by atoms with van der Waals surface area (Å²) in [6.07, 6.45) is 2.04. The topological polar surface area (TPSA) is 30.9 Å². The number of hydrogen-bond donors (Lipinski definition) is 1. The molecule has 0 aliphatic carbocycles. The van der Waals surface area contributed by atoms with Gasteiger partial charge in [0.15, 0.2) is 0 Å². The zero-order valence-corrected chi connectivity index (χ0v) is 11.4. The maximum absolute atomic E-state index is 13.4. The molecule has 0 atom stereocenters. The molecule has 0 amide bonds. The number of benzene rings is 2. The van der Waals surface area contributed by atoms with Crippen LogP contribution in [-0.4, -0.2) is 4.57 Å². The molecule has 2 nitrogen and oxygen atoms in total. The molecule has 2 aromatic carbocycles. The number of halogens is 1. The van der Waals surface area contributed by atoms with Crippen LogP contribution in [0.4, 0.5) is 4.39 Å². The summed E-state index contributed by atoms with van der Waals surface area (Å²) in [5.74, 6) is -0.193. The van der Waals surface area contributed by atoms with Crippen LogP contribution >= 0.6 is 0 Å². The van der Waals surface area contributed by atoms with Gasteiger partial charge in [0.1, 0.15) is 5.82 Å². The van der Waals surface area contributed by atoms with E-state index in [1.807, 2.05) is 31.3 Å². The summed E-state index contributed by atoms with van der Waals surface area (Å²) >= 11 is 0. The van der Waals surface area contributed by atoms with Gasteiger partial charge >= 0.3 is 0 Å². The van der Waals surface area contributed by atoms with Crippen LogP contribution in [0.2, 0.25) is 0 Å². The van der Waals surface area contributed by atoms with Crippen LogP contribution < -0.4 is 5.73 Å². The molecule has 2 N–H and O–H groups in total. The van der Waals surface area contributed by atoms with Gasteiger partial charge in [-0.1, -0.05) is 24.3 Å². The lowest BCUT2D eigenvalue weighted by Crippen LogP contribution is -2.04. The van der Waals surface area contributed by atoms with Crippen LogP contribution in [0, 0.1) is 12.7 Å². The van der Waals surface area contributed by atoms with E-state index in [0.717, 1.165) is 22.2 Å². The fraction of sp³-hybridized carbons (Fsp3) is 0.176. The summed E-state index contributed by atoms with van der Waals surface area (Å²) in [6, 6.07) is 13.1. The molecule has 0 saturated carbocycles.